The summed E-state index contributed by atoms with van der Waals surface area (Å²) < 4.78 is 15.8. The van der Waals surface area contributed by atoms with E-state index in [0.717, 1.165) is 5.69 Å². The van der Waals surface area contributed by atoms with Crippen LogP contribution in [-0.2, 0) is 0 Å². The number of hydrogen-bond donors (Lipinski definition) is 1. The average Bonchev–Trinajstić information content (AvgIpc) is 2.68. The molecule has 0 bridgehead atoms. The molecular weight excluding hydrogens is 305 g/mol. The van der Waals surface area contributed by atoms with E-state index in [9.17, 15) is 4.39 Å². The molecule has 88 valence electrons. The van der Waals surface area contributed by atoms with Crippen LogP contribution in [0.4, 0.5) is 4.39 Å². The van der Waals surface area contributed by atoms with Crippen LogP contribution in [0.1, 0.15) is 11.3 Å². The number of thiocarbonyl (C=S) groups is 1. The van der Waals surface area contributed by atoms with E-state index in [1.165, 1.54) is 4.68 Å². The van der Waals surface area contributed by atoms with Crippen LogP contribution in [0.3, 0.4) is 0 Å². The molecule has 2 N–H and O–H groups in total. The largest absolute Gasteiger partial charge is 0.389 e. The highest BCUT2D eigenvalue weighted by Crippen LogP contribution is 2.25. The standard InChI is InChI=1S/C11H9BrFN3S/c1-6-4-5-16(15-6)8-3-2-7(11(14)17)9(12)10(8)13/h2-5H,1H3,(H2,14,17). The first-order chi connectivity index (χ1) is 8.00. The van der Waals surface area contributed by atoms with Crippen LogP contribution in [0.2, 0.25) is 0 Å². The van der Waals surface area contributed by atoms with Crippen molar-refractivity contribution < 1.29 is 4.39 Å². The van der Waals surface area contributed by atoms with Crippen molar-refractivity contribution in [1.29, 1.82) is 0 Å². The quantitative estimate of drug-likeness (QED) is 0.867. The summed E-state index contributed by atoms with van der Waals surface area (Å²) >= 11 is 7.98. The van der Waals surface area contributed by atoms with E-state index in [-0.39, 0.29) is 9.46 Å². The second-order valence-electron chi connectivity index (χ2n) is 3.53. The Balaban J connectivity index is 2.58. The number of hydrogen-bond acceptors (Lipinski definition) is 2. The van der Waals surface area contributed by atoms with Gasteiger partial charge < -0.3 is 5.73 Å². The maximum absolute atomic E-state index is 14.1. The van der Waals surface area contributed by atoms with Crippen LogP contribution < -0.4 is 5.73 Å². The Bertz CT molecular complexity index is 594. The Morgan fingerprint density at radius 1 is 1.47 bits per heavy atom. The summed E-state index contributed by atoms with van der Waals surface area (Å²) in [5.41, 5.74) is 7.14. The fraction of sp³-hybridized carbons (Fsp3) is 0.0909. The first-order valence-electron chi connectivity index (χ1n) is 4.81. The van der Waals surface area contributed by atoms with Gasteiger partial charge >= 0.3 is 0 Å². The fourth-order valence-electron chi connectivity index (χ4n) is 1.46. The van der Waals surface area contributed by atoms with Gasteiger partial charge in [0.25, 0.3) is 0 Å². The van der Waals surface area contributed by atoms with Crippen molar-refractivity contribution in [2.24, 2.45) is 5.73 Å². The van der Waals surface area contributed by atoms with Gasteiger partial charge in [0.15, 0.2) is 5.82 Å². The van der Waals surface area contributed by atoms with Crippen LogP contribution >= 0.6 is 28.1 Å². The average molecular weight is 314 g/mol. The summed E-state index contributed by atoms with van der Waals surface area (Å²) in [5.74, 6) is -0.432. The van der Waals surface area contributed by atoms with Gasteiger partial charge in [0, 0.05) is 11.8 Å². The van der Waals surface area contributed by atoms with E-state index in [2.05, 4.69) is 21.0 Å². The Morgan fingerprint density at radius 3 is 2.71 bits per heavy atom. The lowest BCUT2D eigenvalue weighted by molar-refractivity contribution is 0.603. The Labute approximate surface area is 112 Å². The van der Waals surface area contributed by atoms with Gasteiger partial charge in [-0.15, -0.1) is 0 Å². The fourth-order valence-corrected chi connectivity index (χ4v) is 2.31. The summed E-state index contributed by atoms with van der Waals surface area (Å²) in [7, 11) is 0. The maximum Gasteiger partial charge on any atom is 0.163 e. The molecule has 0 unspecified atom stereocenters. The molecular formula is C11H9BrFN3S. The zero-order valence-corrected chi connectivity index (χ0v) is 11.3. The molecule has 1 aromatic carbocycles. The Kier molecular flexibility index (Phi) is 3.26. The molecule has 0 aliphatic heterocycles. The van der Waals surface area contributed by atoms with Crippen molar-refractivity contribution >= 4 is 33.1 Å². The topological polar surface area (TPSA) is 43.8 Å². The van der Waals surface area contributed by atoms with Gasteiger partial charge in [-0.3, -0.25) is 0 Å². The second kappa shape index (κ2) is 4.54. The lowest BCUT2D eigenvalue weighted by atomic mass is 10.2. The lowest BCUT2D eigenvalue weighted by Gasteiger charge is -2.08. The predicted molar refractivity (Wildman–Crippen MR) is 71.8 cm³/mol. The number of halogens is 2. The molecule has 0 aliphatic rings. The third-order valence-corrected chi connectivity index (χ3v) is 3.29. The minimum absolute atomic E-state index is 0.152. The van der Waals surface area contributed by atoms with E-state index in [1.54, 1.807) is 24.4 Å². The van der Waals surface area contributed by atoms with Gasteiger partial charge in [0.2, 0.25) is 0 Å². The molecule has 3 nitrogen and oxygen atoms in total. The lowest BCUT2D eigenvalue weighted by Crippen LogP contribution is -2.12. The summed E-state index contributed by atoms with van der Waals surface area (Å²) in [5, 5.41) is 4.15. The van der Waals surface area contributed by atoms with Gasteiger partial charge in [-0.1, -0.05) is 12.2 Å². The summed E-state index contributed by atoms with van der Waals surface area (Å²) in [6.07, 6.45) is 1.70. The molecule has 1 heterocycles. The Hall–Kier alpha value is -1.27. The summed E-state index contributed by atoms with van der Waals surface area (Å²) in [6, 6.07) is 5.07. The first-order valence-corrected chi connectivity index (χ1v) is 6.01. The first kappa shape index (κ1) is 12.2. The molecule has 0 radical (unpaired) electrons. The molecule has 0 saturated carbocycles. The normalized spacial score (nSPS) is 10.5. The van der Waals surface area contributed by atoms with Crippen LogP contribution in [0.5, 0.6) is 0 Å². The highest BCUT2D eigenvalue weighted by molar-refractivity contribution is 9.10. The second-order valence-corrected chi connectivity index (χ2v) is 4.76. The number of aromatic nitrogens is 2. The highest BCUT2D eigenvalue weighted by atomic mass is 79.9. The number of aryl methyl sites for hydroxylation is 1. The Morgan fingerprint density at radius 2 is 2.18 bits per heavy atom. The minimum Gasteiger partial charge on any atom is -0.389 e. The molecule has 1 aromatic heterocycles. The number of benzene rings is 1. The molecule has 2 rings (SSSR count). The molecule has 2 aromatic rings. The molecule has 17 heavy (non-hydrogen) atoms. The molecule has 0 amide bonds. The van der Waals surface area contributed by atoms with Crippen molar-refractivity contribution in [3.8, 4) is 5.69 Å². The SMILES string of the molecule is Cc1ccn(-c2ccc(C(N)=S)c(Br)c2F)n1. The predicted octanol–water partition coefficient (Wildman–Crippen LogP) is 2.72. The minimum atomic E-state index is -0.432. The van der Waals surface area contributed by atoms with E-state index in [0.29, 0.717) is 11.3 Å². The third kappa shape index (κ3) is 2.23. The number of nitrogens with two attached hydrogens (primary N) is 1. The monoisotopic (exact) mass is 313 g/mol. The van der Waals surface area contributed by atoms with Gasteiger partial charge in [-0.25, -0.2) is 9.07 Å². The van der Waals surface area contributed by atoms with Gasteiger partial charge in [-0.05, 0) is 41.1 Å². The van der Waals surface area contributed by atoms with E-state index in [1.807, 2.05) is 6.92 Å². The maximum atomic E-state index is 14.1. The van der Waals surface area contributed by atoms with Crippen LogP contribution in [0.15, 0.2) is 28.9 Å². The van der Waals surface area contributed by atoms with Crippen molar-refractivity contribution in [3.63, 3.8) is 0 Å². The van der Waals surface area contributed by atoms with Crippen LogP contribution in [0, 0.1) is 12.7 Å². The molecule has 0 aliphatic carbocycles. The highest BCUT2D eigenvalue weighted by Gasteiger charge is 2.14. The van der Waals surface area contributed by atoms with Gasteiger partial charge in [0.1, 0.15) is 10.7 Å². The van der Waals surface area contributed by atoms with Crippen LogP contribution in [0.25, 0.3) is 5.69 Å². The van der Waals surface area contributed by atoms with E-state index < -0.39 is 5.82 Å². The van der Waals surface area contributed by atoms with Crippen molar-refractivity contribution in [1.82, 2.24) is 9.78 Å². The van der Waals surface area contributed by atoms with Crippen molar-refractivity contribution in [2.45, 2.75) is 6.92 Å². The smallest absolute Gasteiger partial charge is 0.163 e. The van der Waals surface area contributed by atoms with Crippen LogP contribution in [-0.4, -0.2) is 14.8 Å². The van der Waals surface area contributed by atoms with E-state index in [4.69, 9.17) is 18.0 Å². The molecule has 0 spiro atoms. The number of nitrogens with zero attached hydrogens (tertiary/aromatic N) is 2. The summed E-state index contributed by atoms with van der Waals surface area (Å²) in [4.78, 5) is 0.152. The van der Waals surface area contributed by atoms with Crippen molar-refractivity contribution in [3.05, 3.63) is 45.9 Å². The van der Waals surface area contributed by atoms with Crippen molar-refractivity contribution in [2.75, 3.05) is 0 Å². The zero-order valence-electron chi connectivity index (χ0n) is 8.95. The molecule has 0 saturated heterocycles. The molecule has 6 heteroatoms. The van der Waals surface area contributed by atoms with Gasteiger partial charge in [0.05, 0.1) is 10.2 Å². The molecule has 0 fully saturated rings. The summed E-state index contributed by atoms with van der Waals surface area (Å²) in [6.45, 7) is 1.84. The van der Waals surface area contributed by atoms with Gasteiger partial charge in [-0.2, -0.15) is 5.10 Å². The number of rotatable bonds is 2. The third-order valence-electron chi connectivity index (χ3n) is 2.30. The molecule has 0 atom stereocenters. The zero-order chi connectivity index (χ0) is 12.6. The van der Waals surface area contributed by atoms with E-state index >= 15 is 0 Å².